The van der Waals surface area contributed by atoms with Crippen LogP contribution >= 0.6 is 0 Å². The van der Waals surface area contributed by atoms with Gasteiger partial charge in [0.15, 0.2) is 0 Å². The number of phenols is 1. The number of nitrogens with one attached hydrogen (secondary N) is 1. The lowest BCUT2D eigenvalue weighted by Crippen LogP contribution is -2.46. The molecule has 0 saturated carbocycles. The van der Waals surface area contributed by atoms with Gasteiger partial charge in [0, 0.05) is 12.1 Å². The Labute approximate surface area is 108 Å². The summed E-state index contributed by atoms with van der Waals surface area (Å²) in [6.07, 6.45) is 0.582. The van der Waals surface area contributed by atoms with Crippen LogP contribution in [0.25, 0.3) is 0 Å². The zero-order valence-electron chi connectivity index (χ0n) is 11.2. The summed E-state index contributed by atoms with van der Waals surface area (Å²) in [5.41, 5.74) is 6.40. The van der Waals surface area contributed by atoms with Crippen LogP contribution < -0.4 is 11.1 Å². The minimum Gasteiger partial charge on any atom is -0.508 e. The van der Waals surface area contributed by atoms with Crippen molar-refractivity contribution >= 4 is 5.91 Å². The van der Waals surface area contributed by atoms with E-state index < -0.39 is 0 Å². The molecule has 1 aromatic rings. The average Bonchev–Trinajstić information content (AvgIpc) is 2.25. The average molecular weight is 250 g/mol. The number of carbonyl (C=O) groups excluding carboxylic acids is 1. The maximum absolute atomic E-state index is 12.0. The second-order valence-corrected chi connectivity index (χ2v) is 5.54. The summed E-state index contributed by atoms with van der Waals surface area (Å²) < 4.78 is 0. The van der Waals surface area contributed by atoms with Crippen molar-refractivity contribution in [2.24, 2.45) is 11.7 Å². The first kappa shape index (κ1) is 14.5. The Morgan fingerprint density at radius 3 is 2.33 bits per heavy atom. The van der Waals surface area contributed by atoms with E-state index in [1.54, 1.807) is 12.1 Å². The van der Waals surface area contributed by atoms with E-state index in [9.17, 15) is 9.90 Å². The molecule has 100 valence electrons. The Morgan fingerprint density at radius 2 is 1.89 bits per heavy atom. The number of amides is 1. The van der Waals surface area contributed by atoms with Crippen LogP contribution in [0.15, 0.2) is 24.3 Å². The molecule has 4 N–H and O–H groups in total. The molecule has 0 aromatic heterocycles. The van der Waals surface area contributed by atoms with Gasteiger partial charge >= 0.3 is 0 Å². The van der Waals surface area contributed by atoms with Crippen molar-refractivity contribution in [3.8, 4) is 5.75 Å². The topological polar surface area (TPSA) is 75.4 Å². The van der Waals surface area contributed by atoms with E-state index in [0.717, 1.165) is 5.56 Å². The number of carbonyl (C=O) groups is 1. The van der Waals surface area contributed by atoms with Gasteiger partial charge in [0.05, 0.1) is 5.92 Å². The summed E-state index contributed by atoms with van der Waals surface area (Å²) in [4.78, 5) is 12.0. The first-order valence-electron chi connectivity index (χ1n) is 6.12. The van der Waals surface area contributed by atoms with Crippen LogP contribution in [0.5, 0.6) is 5.75 Å². The first-order chi connectivity index (χ1) is 8.31. The second-order valence-electron chi connectivity index (χ2n) is 5.54. The Bertz CT molecular complexity index is 393. The fourth-order valence-corrected chi connectivity index (χ4v) is 1.67. The summed E-state index contributed by atoms with van der Waals surface area (Å²) in [7, 11) is 0. The molecule has 1 amide bonds. The molecule has 0 aliphatic heterocycles. The molecule has 0 radical (unpaired) electrons. The van der Waals surface area contributed by atoms with Crippen molar-refractivity contribution in [1.29, 1.82) is 0 Å². The minimum absolute atomic E-state index is 0.0296. The van der Waals surface area contributed by atoms with Gasteiger partial charge in [-0.3, -0.25) is 4.79 Å². The van der Waals surface area contributed by atoms with Crippen LogP contribution in [-0.4, -0.2) is 23.1 Å². The van der Waals surface area contributed by atoms with Gasteiger partial charge in [0.25, 0.3) is 0 Å². The Kier molecular flexibility index (Phi) is 4.73. The molecule has 4 nitrogen and oxygen atoms in total. The molecule has 18 heavy (non-hydrogen) atoms. The number of hydrogen-bond donors (Lipinski definition) is 3. The zero-order chi connectivity index (χ0) is 13.8. The monoisotopic (exact) mass is 250 g/mol. The molecule has 0 heterocycles. The second kappa shape index (κ2) is 5.87. The van der Waals surface area contributed by atoms with Crippen molar-refractivity contribution in [2.75, 3.05) is 6.54 Å². The number of aromatic hydroxyl groups is 1. The third kappa shape index (κ3) is 4.75. The zero-order valence-corrected chi connectivity index (χ0v) is 11.2. The van der Waals surface area contributed by atoms with Crippen LogP contribution in [0.2, 0.25) is 0 Å². The summed E-state index contributed by atoms with van der Waals surface area (Å²) in [5, 5.41) is 12.1. The van der Waals surface area contributed by atoms with E-state index in [4.69, 9.17) is 5.73 Å². The predicted octanol–water partition coefficient (Wildman–Crippen LogP) is 1.42. The van der Waals surface area contributed by atoms with Crippen LogP contribution in [0, 0.1) is 5.92 Å². The fourth-order valence-electron chi connectivity index (χ4n) is 1.67. The van der Waals surface area contributed by atoms with Gasteiger partial charge in [-0.2, -0.15) is 0 Å². The number of hydrogen-bond acceptors (Lipinski definition) is 3. The highest BCUT2D eigenvalue weighted by molar-refractivity contribution is 5.79. The smallest absolute Gasteiger partial charge is 0.225 e. The minimum atomic E-state index is -0.251. The standard InChI is InChI=1S/C14H22N2O2/c1-14(2,3)16-13(18)11(9-15)8-10-4-6-12(17)7-5-10/h4-7,11,17H,8-9,15H2,1-3H3,(H,16,18). The molecular weight excluding hydrogens is 228 g/mol. The predicted molar refractivity (Wildman–Crippen MR) is 72.3 cm³/mol. The van der Waals surface area contributed by atoms with Gasteiger partial charge in [-0.15, -0.1) is 0 Å². The van der Waals surface area contributed by atoms with Gasteiger partial charge in [-0.1, -0.05) is 12.1 Å². The van der Waals surface area contributed by atoms with Gasteiger partial charge in [0.2, 0.25) is 5.91 Å². The van der Waals surface area contributed by atoms with Crippen LogP contribution in [0.4, 0.5) is 0 Å². The molecule has 1 rings (SSSR count). The van der Waals surface area contributed by atoms with Crippen molar-refractivity contribution < 1.29 is 9.90 Å². The van der Waals surface area contributed by atoms with E-state index in [0.29, 0.717) is 13.0 Å². The summed E-state index contributed by atoms with van der Waals surface area (Å²) in [6, 6.07) is 6.85. The molecule has 4 heteroatoms. The molecule has 0 saturated heterocycles. The first-order valence-corrected chi connectivity index (χ1v) is 6.12. The number of nitrogens with two attached hydrogens (primary N) is 1. The van der Waals surface area contributed by atoms with E-state index in [2.05, 4.69) is 5.32 Å². The van der Waals surface area contributed by atoms with Gasteiger partial charge in [-0.05, 0) is 44.9 Å². The van der Waals surface area contributed by atoms with Crippen LogP contribution in [-0.2, 0) is 11.2 Å². The summed E-state index contributed by atoms with van der Waals surface area (Å²) >= 11 is 0. The molecule has 0 aliphatic rings. The highest BCUT2D eigenvalue weighted by Crippen LogP contribution is 2.14. The lowest BCUT2D eigenvalue weighted by atomic mass is 9.97. The highest BCUT2D eigenvalue weighted by atomic mass is 16.3. The number of benzene rings is 1. The van der Waals surface area contributed by atoms with Gasteiger partial charge in [-0.25, -0.2) is 0 Å². The summed E-state index contributed by atoms with van der Waals surface area (Å²) in [5.74, 6) is -0.0472. The normalized spacial score (nSPS) is 13.1. The molecule has 0 aliphatic carbocycles. The molecule has 0 fully saturated rings. The molecule has 0 bridgehead atoms. The lowest BCUT2D eigenvalue weighted by Gasteiger charge is -2.24. The molecule has 1 atom stereocenters. The largest absolute Gasteiger partial charge is 0.508 e. The van der Waals surface area contributed by atoms with E-state index in [-0.39, 0.29) is 23.1 Å². The molecule has 1 aromatic carbocycles. The van der Waals surface area contributed by atoms with Crippen molar-refractivity contribution in [1.82, 2.24) is 5.32 Å². The Hall–Kier alpha value is -1.55. The lowest BCUT2D eigenvalue weighted by molar-refractivity contribution is -0.126. The molecular formula is C14H22N2O2. The fraction of sp³-hybridized carbons (Fsp3) is 0.500. The SMILES string of the molecule is CC(C)(C)NC(=O)C(CN)Cc1ccc(O)cc1. The van der Waals surface area contributed by atoms with E-state index in [1.165, 1.54) is 0 Å². The van der Waals surface area contributed by atoms with Gasteiger partial charge < -0.3 is 16.2 Å². The molecule has 0 spiro atoms. The number of phenolic OH excluding ortho intramolecular Hbond substituents is 1. The third-order valence-electron chi connectivity index (χ3n) is 2.57. The van der Waals surface area contributed by atoms with Crippen LogP contribution in [0.1, 0.15) is 26.3 Å². The summed E-state index contributed by atoms with van der Waals surface area (Å²) in [6.45, 7) is 6.14. The third-order valence-corrected chi connectivity index (χ3v) is 2.57. The Balaban J connectivity index is 2.67. The van der Waals surface area contributed by atoms with Crippen molar-refractivity contribution in [2.45, 2.75) is 32.7 Å². The number of rotatable bonds is 4. The van der Waals surface area contributed by atoms with Crippen LogP contribution in [0.3, 0.4) is 0 Å². The van der Waals surface area contributed by atoms with Gasteiger partial charge in [0.1, 0.15) is 5.75 Å². The van der Waals surface area contributed by atoms with E-state index in [1.807, 2.05) is 32.9 Å². The Morgan fingerprint density at radius 1 is 1.33 bits per heavy atom. The van der Waals surface area contributed by atoms with Crippen molar-refractivity contribution in [3.05, 3.63) is 29.8 Å². The van der Waals surface area contributed by atoms with E-state index >= 15 is 0 Å². The maximum atomic E-state index is 12.0. The molecule has 1 unspecified atom stereocenters. The maximum Gasteiger partial charge on any atom is 0.225 e. The highest BCUT2D eigenvalue weighted by Gasteiger charge is 2.21. The quantitative estimate of drug-likeness (QED) is 0.756. The van der Waals surface area contributed by atoms with Crippen molar-refractivity contribution in [3.63, 3.8) is 0 Å².